The Morgan fingerprint density at radius 1 is 1.36 bits per heavy atom. The predicted molar refractivity (Wildman–Crippen MR) is 81.0 cm³/mol. The second-order valence-corrected chi connectivity index (χ2v) is 5.17. The van der Waals surface area contributed by atoms with Gasteiger partial charge in [-0.15, -0.1) is 0 Å². The number of nitrogens with zero attached hydrogens (tertiary/aromatic N) is 2. The number of amides is 1. The minimum atomic E-state index is -0.520. The first-order chi connectivity index (χ1) is 10.5. The van der Waals surface area contributed by atoms with E-state index in [0.29, 0.717) is 16.4 Å². The Bertz CT molecular complexity index is 892. The van der Waals surface area contributed by atoms with Crippen LogP contribution in [0.5, 0.6) is 5.75 Å². The van der Waals surface area contributed by atoms with Crippen molar-refractivity contribution < 1.29 is 14.3 Å². The quantitative estimate of drug-likeness (QED) is 0.711. The number of imidazole rings is 1. The number of nitrogens with one attached hydrogen (secondary N) is 1. The van der Waals surface area contributed by atoms with Gasteiger partial charge in [-0.1, -0.05) is 11.6 Å². The van der Waals surface area contributed by atoms with Crippen molar-refractivity contribution in [3.05, 3.63) is 58.8 Å². The minimum Gasteiger partial charge on any atom is -0.506 e. The molecule has 0 radical (unpaired) electrons. The molecule has 3 aromatic rings. The van der Waals surface area contributed by atoms with Crippen LogP contribution in [0.25, 0.3) is 5.65 Å². The number of aromatic nitrogens is 2. The average molecular weight is 320 g/mol. The summed E-state index contributed by atoms with van der Waals surface area (Å²) in [4.78, 5) is 16.6. The lowest BCUT2D eigenvalue weighted by Crippen LogP contribution is -2.15. The van der Waals surface area contributed by atoms with Crippen LogP contribution in [0.3, 0.4) is 0 Å². The van der Waals surface area contributed by atoms with E-state index in [1.165, 1.54) is 40.9 Å². The number of anilines is 1. The zero-order valence-corrected chi connectivity index (χ0v) is 12.2. The maximum absolute atomic E-state index is 13.4. The van der Waals surface area contributed by atoms with E-state index in [1.807, 2.05) is 0 Å². The molecule has 0 unspecified atom stereocenters. The largest absolute Gasteiger partial charge is 0.506 e. The summed E-state index contributed by atoms with van der Waals surface area (Å²) in [6.45, 7) is 1.65. The summed E-state index contributed by atoms with van der Waals surface area (Å²) < 4.78 is 14.8. The van der Waals surface area contributed by atoms with Gasteiger partial charge in [-0.3, -0.25) is 9.20 Å². The fourth-order valence-corrected chi connectivity index (χ4v) is 2.37. The van der Waals surface area contributed by atoms with Crippen LogP contribution in [0.2, 0.25) is 5.02 Å². The Labute approximate surface area is 130 Å². The number of halogens is 2. The Morgan fingerprint density at radius 3 is 2.91 bits per heavy atom. The van der Waals surface area contributed by atoms with Crippen molar-refractivity contribution in [2.24, 2.45) is 0 Å². The van der Waals surface area contributed by atoms with Crippen LogP contribution in [-0.2, 0) is 0 Å². The molecule has 0 aliphatic rings. The van der Waals surface area contributed by atoms with Gasteiger partial charge in [0.05, 0.1) is 11.4 Å². The molecule has 3 rings (SSSR count). The first-order valence-corrected chi connectivity index (χ1v) is 6.77. The maximum Gasteiger partial charge on any atom is 0.274 e. The summed E-state index contributed by atoms with van der Waals surface area (Å²) in [5.41, 5.74) is 1.26. The molecule has 0 bridgehead atoms. The maximum atomic E-state index is 13.4. The molecule has 0 spiro atoms. The summed E-state index contributed by atoms with van der Waals surface area (Å²) in [5, 5.41) is 12.7. The molecule has 2 N–H and O–H groups in total. The molecule has 0 aliphatic heterocycles. The number of phenolic OH excluding ortho intramolecular Hbond substituents is 1. The number of rotatable bonds is 2. The highest BCUT2D eigenvalue weighted by Crippen LogP contribution is 2.27. The molecule has 22 heavy (non-hydrogen) atoms. The van der Waals surface area contributed by atoms with Crippen LogP contribution < -0.4 is 5.32 Å². The van der Waals surface area contributed by atoms with Crippen LogP contribution in [0, 0.1) is 12.7 Å². The summed E-state index contributed by atoms with van der Waals surface area (Å²) >= 11 is 5.84. The van der Waals surface area contributed by atoms with Gasteiger partial charge in [0.1, 0.15) is 22.9 Å². The van der Waals surface area contributed by atoms with Crippen molar-refractivity contribution in [1.82, 2.24) is 9.38 Å². The van der Waals surface area contributed by atoms with E-state index in [1.54, 1.807) is 6.92 Å². The minimum absolute atomic E-state index is 0.115. The molecule has 2 aromatic heterocycles. The van der Waals surface area contributed by atoms with Crippen LogP contribution in [-0.4, -0.2) is 20.4 Å². The molecule has 7 heteroatoms. The zero-order chi connectivity index (χ0) is 15.9. The summed E-state index contributed by atoms with van der Waals surface area (Å²) in [5.74, 6) is -1.12. The van der Waals surface area contributed by atoms with Gasteiger partial charge in [0.2, 0.25) is 0 Å². The normalized spacial score (nSPS) is 10.9. The van der Waals surface area contributed by atoms with Crippen LogP contribution >= 0.6 is 11.6 Å². The van der Waals surface area contributed by atoms with Crippen molar-refractivity contribution in [2.75, 3.05) is 5.32 Å². The smallest absolute Gasteiger partial charge is 0.274 e. The van der Waals surface area contributed by atoms with Gasteiger partial charge >= 0.3 is 0 Å². The van der Waals surface area contributed by atoms with Gasteiger partial charge in [0, 0.05) is 11.2 Å². The third-order valence-corrected chi connectivity index (χ3v) is 3.41. The third-order valence-electron chi connectivity index (χ3n) is 3.18. The van der Waals surface area contributed by atoms with Crippen molar-refractivity contribution in [3.63, 3.8) is 0 Å². The summed E-state index contributed by atoms with van der Waals surface area (Å²) in [6.07, 6.45) is 1.18. The highest BCUT2D eigenvalue weighted by atomic mass is 35.5. The molecule has 1 aromatic carbocycles. The standard InChI is InChI=1S/C15H11ClFN3O2/c1-8-14(20-7-10(17)3-5-13(20)18-8)15(22)19-11-6-9(16)2-4-12(11)21/h2-7,21H,1H3,(H,19,22). The first kappa shape index (κ1) is 14.3. The Hall–Kier alpha value is -2.60. The highest BCUT2D eigenvalue weighted by molar-refractivity contribution is 6.31. The zero-order valence-electron chi connectivity index (χ0n) is 11.5. The Balaban J connectivity index is 2.04. The van der Waals surface area contributed by atoms with Gasteiger partial charge < -0.3 is 10.4 Å². The Morgan fingerprint density at radius 2 is 2.14 bits per heavy atom. The van der Waals surface area contributed by atoms with E-state index in [2.05, 4.69) is 10.3 Å². The van der Waals surface area contributed by atoms with E-state index in [4.69, 9.17) is 11.6 Å². The SMILES string of the molecule is Cc1nc2ccc(F)cn2c1C(=O)Nc1cc(Cl)ccc1O. The van der Waals surface area contributed by atoms with Crippen LogP contribution in [0.1, 0.15) is 16.2 Å². The number of pyridine rings is 1. The van der Waals surface area contributed by atoms with E-state index in [-0.39, 0.29) is 17.1 Å². The third kappa shape index (κ3) is 2.48. The van der Waals surface area contributed by atoms with Crippen molar-refractivity contribution in [3.8, 4) is 5.75 Å². The number of hydrogen-bond donors (Lipinski definition) is 2. The van der Waals surface area contributed by atoms with Crippen molar-refractivity contribution in [2.45, 2.75) is 6.92 Å². The van der Waals surface area contributed by atoms with E-state index < -0.39 is 11.7 Å². The van der Waals surface area contributed by atoms with Gasteiger partial charge in [-0.2, -0.15) is 0 Å². The predicted octanol–water partition coefficient (Wildman–Crippen LogP) is 3.39. The second kappa shape index (κ2) is 5.31. The molecular weight excluding hydrogens is 309 g/mol. The summed E-state index contributed by atoms with van der Waals surface area (Å²) in [6, 6.07) is 7.05. The van der Waals surface area contributed by atoms with Crippen LogP contribution in [0.15, 0.2) is 36.5 Å². The molecule has 5 nitrogen and oxygen atoms in total. The highest BCUT2D eigenvalue weighted by Gasteiger charge is 2.18. The van der Waals surface area contributed by atoms with Gasteiger partial charge in [-0.05, 0) is 37.3 Å². The lowest BCUT2D eigenvalue weighted by atomic mass is 10.2. The van der Waals surface area contributed by atoms with Gasteiger partial charge in [0.25, 0.3) is 5.91 Å². The molecule has 0 saturated carbocycles. The van der Waals surface area contributed by atoms with Crippen LogP contribution in [0.4, 0.5) is 10.1 Å². The molecule has 0 atom stereocenters. The molecule has 0 fully saturated rings. The molecule has 1 amide bonds. The van der Waals surface area contributed by atoms with Gasteiger partial charge in [0.15, 0.2) is 0 Å². The second-order valence-electron chi connectivity index (χ2n) is 4.74. The number of aromatic hydroxyl groups is 1. The fraction of sp³-hybridized carbons (Fsp3) is 0.0667. The molecule has 0 saturated heterocycles. The fourth-order valence-electron chi connectivity index (χ4n) is 2.20. The number of aryl methyl sites for hydroxylation is 1. The Kier molecular flexibility index (Phi) is 3.46. The molecule has 112 valence electrons. The summed E-state index contributed by atoms with van der Waals surface area (Å²) in [7, 11) is 0. The molecular formula is C15H11ClFN3O2. The van der Waals surface area contributed by atoms with E-state index in [9.17, 15) is 14.3 Å². The number of hydrogen-bond acceptors (Lipinski definition) is 3. The van der Waals surface area contributed by atoms with Gasteiger partial charge in [-0.25, -0.2) is 9.37 Å². The lowest BCUT2D eigenvalue weighted by Gasteiger charge is -2.08. The first-order valence-electron chi connectivity index (χ1n) is 6.40. The molecule has 2 heterocycles. The lowest BCUT2D eigenvalue weighted by molar-refractivity contribution is 0.102. The van der Waals surface area contributed by atoms with E-state index >= 15 is 0 Å². The average Bonchev–Trinajstić information content (AvgIpc) is 2.78. The van der Waals surface area contributed by atoms with Crippen molar-refractivity contribution >= 4 is 28.8 Å². The van der Waals surface area contributed by atoms with Crippen molar-refractivity contribution in [1.29, 1.82) is 0 Å². The number of benzene rings is 1. The number of carbonyl (C=O) groups excluding carboxylic acids is 1. The van der Waals surface area contributed by atoms with E-state index in [0.717, 1.165) is 0 Å². The number of carbonyl (C=O) groups is 1. The topological polar surface area (TPSA) is 66.6 Å². The monoisotopic (exact) mass is 319 g/mol. The number of phenols is 1. The molecule has 0 aliphatic carbocycles. The number of fused-ring (bicyclic) bond motifs is 1.